The number of pyridine rings is 1. The highest BCUT2D eigenvalue weighted by Crippen LogP contribution is 2.35. The van der Waals surface area contributed by atoms with Gasteiger partial charge in [0.05, 0.1) is 29.8 Å². The summed E-state index contributed by atoms with van der Waals surface area (Å²) in [5.74, 6) is 1.26. The number of anilines is 1. The van der Waals surface area contributed by atoms with Crippen LogP contribution in [-0.2, 0) is 6.54 Å². The number of ether oxygens (including phenoxy) is 1. The summed E-state index contributed by atoms with van der Waals surface area (Å²) in [6.07, 6.45) is 5.12. The first-order valence-corrected chi connectivity index (χ1v) is 7.00. The number of rotatable bonds is 3. The van der Waals surface area contributed by atoms with Crippen LogP contribution < -0.4 is 10.5 Å². The normalized spacial score (nSPS) is 10.9. The van der Waals surface area contributed by atoms with Crippen LogP contribution in [-0.4, -0.2) is 14.8 Å². The van der Waals surface area contributed by atoms with E-state index in [2.05, 4.69) is 26.0 Å². The van der Waals surface area contributed by atoms with E-state index in [0.29, 0.717) is 17.2 Å². The maximum Gasteiger partial charge on any atom is 0.165 e. The Kier molecular flexibility index (Phi) is 3.31. The summed E-state index contributed by atoms with van der Waals surface area (Å²) in [6.45, 7) is 2.81. The lowest BCUT2D eigenvalue weighted by Crippen LogP contribution is -1.95. The molecule has 0 saturated heterocycles. The number of hydrogen-bond donors (Lipinski definition) is 1. The summed E-state index contributed by atoms with van der Waals surface area (Å²) in [4.78, 5) is 4.30. The zero-order valence-corrected chi connectivity index (χ0v) is 12.5. The molecule has 0 amide bonds. The van der Waals surface area contributed by atoms with Crippen molar-refractivity contribution in [1.29, 1.82) is 0 Å². The average molecular weight is 333 g/mol. The van der Waals surface area contributed by atoms with Gasteiger partial charge in [0.2, 0.25) is 0 Å². The van der Waals surface area contributed by atoms with Gasteiger partial charge in [0.25, 0.3) is 0 Å². The van der Waals surface area contributed by atoms with Crippen molar-refractivity contribution in [2.45, 2.75) is 13.5 Å². The van der Waals surface area contributed by atoms with Crippen molar-refractivity contribution in [1.82, 2.24) is 14.8 Å². The van der Waals surface area contributed by atoms with Gasteiger partial charge in [-0.2, -0.15) is 5.10 Å². The Bertz CT molecular complexity index is 764. The summed E-state index contributed by atoms with van der Waals surface area (Å²) in [6, 6.07) is 5.80. The minimum atomic E-state index is 0.500. The Morgan fingerprint density at radius 1 is 1.35 bits per heavy atom. The van der Waals surface area contributed by atoms with Gasteiger partial charge in [-0.05, 0) is 25.1 Å². The van der Waals surface area contributed by atoms with Crippen LogP contribution in [0.25, 0.3) is 10.9 Å². The van der Waals surface area contributed by atoms with Crippen LogP contribution in [0.1, 0.15) is 6.92 Å². The third-order valence-corrected chi connectivity index (χ3v) is 3.45. The van der Waals surface area contributed by atoms with Crippen LogP contribution in [0.4, 0.5) is 5.69 Å². The molecule has 2 N–H and O–H groups in total. The van der Waals surface area contributed by atoms with Crippen molar-refractivity contribution >= 4 is 32.5 Å². The Labute approximate surface area is 124 Å². The lowest BCUT2D eigenvalue weighted by Gasteiger charge is -2.10. The lowest BCUT2D eigenvalue weighted by molar-refractivity contribution is 0.488. The van der Waals surface area contributed by atoms with Crippen molar-refractivity contribution in [3.63, 3.8) is 0 Å². The Morgan fingerprint density at radius 3 is 2.95 bits per heavy atom. The number of nitrogens with two attached hydrogens (primary N) is 1. The predicted octanol–water partition coefficient (Wildman–Crippen LogP) is 3.59. The van der Waals surface area contributed by atoms with Crippen LogP contribution in [0.15, 0.2) is 41.3 Å². The summed E-state index contributed by atoms with van der Waals surface area (Å²) in [7, 11) is 0. The van der Waals surface area contributed by atoms with E-state index in [9.17, 15) is 0 Å². The first-order valence-electron chi connectivity index (χ1n) is 6.21. The zero-order chi connectivity index (χ0) is 14.1. The standard InChI is InChI=1S/C14H13BrN4O/c1-2-19-8-10(6-18-19)20-14-11-5-9(15)3-4-13(11)17-7-12(14)16/h3-8H,2,16H2,1H3. The molecule has 5 nitrogen and oxygen atoms in total. The van der Waals surface area contributed by atoms with Crippen molar-refractivity contribution in [3.05, 3.63) is 41.3 Å². The zero-order valence-electron chi connectivity index (χ0n) is 10.9. The molecule has 102 valence electrons. The molecule has 0 radical (unpaired) electrons. The van der Waals surface area contributed by atoms with Crippen LogP contribution >= 0.6 is 15.9 Å². The fraction of sp³-hybridized carbons (Fsp3) is 0.143. The molecule has 3 rings (SSSR count). The largest absolute Gasteiger partial charge is 0.451 e. The fourth-order valence-electron chi connectivity index (χ4n) is 1.96. The van der Waals surface area contributed by atoms with Crippen LogP contribution in [0.3, 0.4) is 0 Å². The fourth-order valence-corrected chi connectivity index (χ4v) is 2.32. The van der Waals surface area contributed by atoms with Crippen LogP contribution in [0.5, 0.6) is 11.5 Å². The molecule has 2 aromatic heterocycles. The second-order valence-electron chi connectivity index (χ2n) is 4.34. The highest BCUT2D eigenvalue weighted by atomic mass is 79.9. The van der Waals surface area contributed by atoms with Gasteiger partial charge in [-0.15, -0.1) is 0 Å². The molecule has 0 aliphatic carbocycles. The summed E-state index contributed by atoms with van der Waals surface area (Å²) in [5.41, 5.74) is 7.33. The van der Waals surface area contributed by atoms with Crippen LogP contribution in [0.2, 0.25) is 0 Å². The van der Waals surface area contributed by atoms with E-state index in [4.69, 9.17) is 10.5 Å². The van der Waals surface area contributed by atoms with Gasteiger partial charge in [0.1, 0.15) is 0 Å². The second kappa shape index (κ2) is 5.13. The van der Waals surface area contributed by atoms with E-state index in [0.717, 1.165) is 21.9 Å². The summed E-state index contributed by atoms with van der Waals surface area (Å²) >= 11 is 3.45. The molecule has 6 heteroatoms. The molecule has 0 unspecified atom stereocenters. The quantitative estimate of drug-likeness (QED) is 0.795. The highest BCUT2D eigenvalue weighted by Gasteiger charge is 2.11. The molecule has 0 fully saturated rings. The molecular weight excluding hydrogens is 320 g/mol. The summed E-state index contributed by atoms with van der Waals surface area (Å²) in [5, 5.41) is 5.05. The number of aryl methyl sites for hydroxylation is 1. The number of fused-ring (bicyclic) bond motifs is 1. The Hall–Kier alpha value is -2.08. The van der Waals surface area contributed by atoms with Crippen molar-refractivity contribution < 1.29 is 4.74 Å². The molecule has 0 aliphatic rings. The van der Waals surface area contributed by atoms with Crippen molar-refractivity contribution in [2.75, 3.05) is 5.73 Å². The van der Waals surface area contributed by atoms with E-state index >= 15 is 0 Å². The van der Waals surface area contributed by atoms with Gasteiger partial charge in [-0.3, -0.25) is 9.67 Å². The monoisotopic (exact) mass is 332 g/mol. The topological polar surface area (TPSA) is 66.0 Å². The third-order valence-electron chi connectivity index (χ3n) is 2.96. The lowest BCUT2D eigenvalue weighted by atomic mass is 10.2. The molecule has 0 bridgehead atoms. The smallest absolute Gasteiger partial charge is 0.165 e. The molecule has 1 aromatic carbocycles. The number of nitrogens with zero attached hydrogens (tertiary/aromatic N) is 3. The number of benzene rings is 1. The molecular formula is C14H13BrN4O. The van der Waals surface area contributed by atoms with E-state index in [1.54, 1.807) is 17.1 Å². The first-order chi connectivity index (χ1) is 9.67. The minimum Gasteiger partial charge on any atom is -0.451 e. The van der Waals surface area contributed by atoms with E-state index in [-0.39, 0.29) is 0 Å². The molecule has 0 spiro atoms. The maximum absolute atomic E-state index is 5.99. The molecule has 0 saturated carbocycles. The number of nitrogen functional groups attached to an aromatic ring is 1. The van der Waals surface area contributed by atoms with Crippen molar-refractivity contribution in [3.8, 4) is 11.5 Å². The van der Waals surface area contributed by atoms with E-state index in [1.165, 1.54) is 0 Å². The average Bonchev–Trinajstić information content (AvgIpc) is 2.90. The van der Waals surface area contributed by atoms with Gasteiger partial charge in [-0.25, -0.2) is 0 Å². The van der Waals surface area contributed by atoms with E-state index < -0.39 is 0 Å². The van der Waals surface area contributed by atoms with Gasteiger partial charge >= 0.3 is 0 Å². The molecule has 3 aromatic rings. The second-order valence-corrected chi connectivity index (χ2v) is 5.25. The number of halogens is 1. The van der Waals surface area contributed by atoms with Gasteiger partial charge in [-0.1, -0.05) is 15.9 Å². The molecule has 20 heavy (non-hydrogen) atoms. The van der Waals surface area contributed by atoms with E-state index in [1.807, 2.05) is 31.3 Å². The molecule has 0 atom stereocenters. The van der Waals surface area contributed by atoms with Gasteiger partial charge in [0.15, 0.2) is 11.5 Å². The summed E-state index contributed by atoms with van der Waals surface area (Å²) < 4.78 is 8.64. The third kappa shape index (κ3) is 2.34. The van der Waals surface area contributed by atoms with Gasteiger partial charge < -0.3 is 10.5 Å². The number of aromatic nitrogens is 3. The molecule has 2 heterocycles. The van der Waals surface area contributed by atoms with Crippen LogP contribution in [0, 0.1) is 0 Å². The Morgan fingerprint density at radius 2 is 2.20 bits per heavy atom. The van der Waals surface area contributed by atoms with Crippen molar-refractivity contribution in [2.24, 2.45) is 0 Å². The van der Waals surface area contributed by atoms with Gasteiger partial charge in [0, 0.05) is 16.4 Å². The first kappa shape index (κ1) is 12.9. The number of hydrogen-bond acceptors (Lipinski definition) is 4. The minimum absolute atomic E-state index is 0.500. The SMILES string of the molecule is CCn1cc(Oc2c(N)cnc3ccc(Br)cc23)cn1. The highest BCUT2D eigenvalue weighted by molar-refractivity contribution is 9.10. The molecule has 0 aliphatic heterocycles. The maximum atomic E-state index is 5.99. The predicted molar refractivity (Wildman–Crippen MR) is 81.8 cm³/mol. The Balaban J connectivity index is 2.09.